The van der Waals surface area contributed by atoms with Crippen LogP contribution in [0.25, 0.3) is 21.7 Å². The van der Waals surface area contributed by atoms with E-state index < -0.39 is 17.9 Å². The van der Waals surface area contributed by atoms with Crippen molar-refractivity contribution in [1.82, 2.24) is 35.4 Å². The van der Waals surface area contributed by atoms with Crippen molar-refractivity contribution in [3.8, 4) is 21.7 Å². The standard InChI is InChI=1S/C26H33F3N8OS/c1-4-32-25(38)34-22-12-19(20(15-33-22)18-11-17(2)13-31-14-18)24-35-23(26(27,28)29)21(39-24)16-30-5-6-37-9-7-36(3)8-10-37/h11-15,30H,4-10,16H2,1-3H3,(H2,32,33,34,38). The molecule has 0 spiro atoms. The van der Waals surface area contributed by atoms with Gasteiger partial charge in [-0.3, -0.25) is 15.2 Å². The molecule has 210 valence electrons. The number of nitrogens with one attached hydrogen (secondary N) is 3. The van der Waals surface area contributed by atoms with Crippen LogP contribution in [0.15, 0.2) is 30.7 Å². The van der Waals surface area contributed by atoms with Crippen molar-refractivity contribution in [1.29, 1.82) is 0 Å². The molecule has 0 saturated carbocycles. The highest BCUT2D eigenvalue weighted by Gasteiger charge is 2.37. The smallest absolute Gasteiger partial charge is 0.338 e. The molecule has 3 aromatic heterocycles. The van der Waals surface area contributed by atoms with Gasteiger partial charge in [0.2, 0.25) is 0 Å². The number of aryl methyl sites for hydroxylation is 1. The Labute approximate surface area is 229 Å². The first kappa shape index (κ1) is 28.9. The van der Waals surface area contributed by atoms with Crippen LogP contribution in [0.3, 0.4) is 0 Å². The van der Waals surface area contributed by atoms with Crippen molar-refractivity contribution < 1.29 is 18.0 Å². The van der Waals surface area contributed by atoms with Gasteiger partial charge in [0.25, 0.3) is 0 Å². The zero-order valence-electron chi connectivity index (χ0n) is 22.2. The summed E-state index contributed by atoms with van der Waals surface area (Å²) in [4.78, 5) is 29.3. The Morgan fingerprint density at radius 2 is 1.87 bits per heavy atom. The largest absolute Gasteiger partial charge is 0.434 e. The number of rotatable bonds is 9. The number of hydrogen-bond acceptors (Lipinski definition) is 8. The lowest BCUT2D eigenvalue weighted by Crippen LogP contribution is -2.46. The van der Waals surface area contributed by atoms with E-state index in [2.05, 4.69) is 47.7 Å². The molecule has 3 N–H and O–H groups in total. The zero-order chi connectivity index (χ0) is 28.0. The van der Waals surface area contributed by atoms with Gasteiger partial charge in [-0.05, 0) is 38.6 Å². The first-order valence-corrected chi connectivity index (χ1v) is 13.6. The lowest BCUT2D eigenvalue weighted by molar-refractivity contribution is -0.141. The average molecular weight is 563 g/mol. The molecule has 1 saturated heterocycles. The normalized spacial score (nSPS) is 14.9. The van der Waals surface area contributed by atoms with Crippen LogP contribution < -0.4 is 16.0 Å². The highest BCUT2D eigenvalue weighted by atomic mass is 32.1. The molecule has 0 aromatic carbocycles. The first-order valence-electron chi connectivity index (χ1n) is 12.8. The van der Waals surface area contributed by atoms with Gasteiger partial charge < -0.3 is 15.5 Å². The molecule has 13 heteroatoms. The number of nitrogens with zero attached hydrogens (tertiary/aromatic N) is 5. The molecule has 0 unspecified atom stereocenters. The third-order valence-electron chi connectivity index (χ3n) is 6.35. The van der Waals surface area contributed by atoms with Crippen LogP contribution in [-0.2, 0) is 12.7 Å². The molecule has 0 radical (unpaired) electrons. The molecule has 1 aliphatic heterocycles. The molecule has 9 nitrogen and oxygen atoms in total. The Balaban J connectivity index is 1.62. The molecule has 2 amide bonds. The summed E-state index contributed by atoms with van der Waals surface area (Å²) in [5, 5.41) is 8.61. The number of hydrogen-bond donors (Lipinski definition) is 3. The molecule has 0 aliphatic carbocycles. The molecule has 1 fully saturated rings. The Morgan fingerprint density at radius 3 is 2.56 bits per heavy atom. The summed E-state index contributed by atoms with van der Waals surface area (Å²) in [5.41, 5.74) is 1.69. The summed E-state index contributed by atoms with van der Waals surface area (Å²) in [6.45, 7) is 9.33. The maximum atomic E-state index is 14.0. The fourth-order valence-electron chi connectivity index (χ4n) is 4.27. The molecule has 4 heterocycles. The molecular weight excluding hydrogens is 529 g/mol. The van der Waals surface area contributed by atoms with E-state index in [4.69, 9.17) is 0 Å². The predicted octanol–water partition coefficient (Wildman–Crippen LogP) is 4.07. The second-order valence-electron chi connectivity index (χ2n) is 9.46. The number of carbonyl (C=O) groups excluding carboxylic acids is 1. The highest BCUT2D eigenvalue weighted by Crippen LogP contribution is 2.41. The van der Waals surface area contributed by atoms with Crippen molar-refractivity contribution in [3.05, 3.63) is 46.9 Å². The lowest BCUT2D eigenvalue weighted by atomic mass is 10.0. The van der Waals surface area contributed by atoms with Gasteiger partial charge in [-0.25, -0.2) is 14.8 Å². The average Bonchev–Trinajstić information content (AvgIpc) is 3.33. The molecule has 0 bridgehead atoms. The van der Waals surface area contributed by atoms with Crippen molar-refractivity contribution in [2.45, 2.75) is 26.6 Å². The third-order valence-corrected chi connectivity index (χ3v) is 7.44. The molecule has 3 aromatic rings. The number of halogens is 3. The van der Waals surface area contributed by atoms with Crippen molar-refractivity contribution >= 4 is 23.2 Å². The van der Waals surface area contributed by atoms with Crippen LogP contribution in [0.5, 0.6) is 0 Å². The van der Waals surface area contributed by atoms with Gasteiger partial charge in [0.05, 0.1) is 4.88 Å². The van der Waals surface area contributed by atoms with Crippen LogP contribution >= 0.6 is 11.3 Å². The maximum Gasteiger partial charge on any atom is 0.434 e. The van der Waals surface area contributed by atoms with E-state index in [1.807, 2.05) is 13.0 Å². The maximum absolute atomic E-state index is 14.0. The monoisotopic (exact) mass is 562 g/mol. The summed E-state index contributed by atoms with van der Waals surface area (Å²) >= 11 is 0.986. The second kappa shape index (κ2) is 12.8. The number of piperazine rings is 1. The molecule has 1 aliphatic rings. The summed E-state index contributed by atoms with van der Waals surface area (Å²) in [6, 6.07) is 2.97. The first-order chi connectivity index (χ1) is 18.6. The summed E-state index contributed by atoms with van der Waals surface area (Å²) in [6.07, 6.45) is 0.238. The minimum Gasteiger partial charge on any atom is -0.338 e. The SMILES string of the molecule is CCNC(=O)Nc1cc(-c2nc(C(F)(F)F)c(CNCCN3CCN(C)CC3)s2)c(-c2cncc(C)c2)cn1. The van der Waals surface area contributed by atoms with Gasteiger partial charge in [-0.2, -0.15) is 13.2 Å². The Morgan fingerprint density at radius 1 is 1.10 bits per heavy atom. The Hall–Kier alpha value is -3.13. The van der Waals surface area contributed by atoms with E-state index in [-0.39, 0.29) is 22.2 Å². The number of thiazole rings is 1. The van der Waals surface area contributed by atoms with Crippen molar-refractivity contribution in [2.75, 3.05) is 58.2 Å². The summed E-state index contributed by atoms with van der Waals surface area (Å²) in [7, 11) is 2.08. The minimum absolute atomic E-state index is 0.0523. The van der Waals surface area contributed by atoms with Crippen LogP contribution in [0.2, 0.25) is 0 Å². The molecule has 39 heavy (non-hydrogen) atoms. The van der Waals surface area contributed by atoms with Crippen LogP contribution in [0, 0.1) is 6.92 Å². The molecule has 0 atom stereocenters. The number of aromatic nitrogens is 3. The van der Waals surface area contributed by atoms with Crippen molar-refractivity contribution in [2.24, 2.45) is 0 Å². The summed E-state index contributed by atoms with van der Waals surface area (Å²) < 4.78 is 42.1. The van der Waals surface area contributed by atoms with E-state index >= 15 is 0 Å². The number of amides is 2. The quantitative estimate of drug-likeness (QED) is 0.338. The molecular formula is C26H33F3N8OS. The Bertz CT molecular complexity index is 1270. The van der Waals surface area contributed by atoms with Gasteiger partial charge in [0.15, 0.2) is 5.69 Å². The minimum atomic E-state index is -4.61. The summed E-state index contributed by atoms with van der Waals surface area (Å²) in [5.74, 6) is 0.205. The van der Waals surface area contributed by atoms with Crippen LogP contribution in [0.1, 0.15) is 23.1 Å². The number of likely N-dealkylation sites (N-methyl/N-ethyl adjacent to an activating group) is 1. The van der Waals surface area contributed by atoms with Crippen LogP contribution in [0.4, 0.5) is 23.8 Å². The third kappa shape index (κ3) is 7.72. The van der Waals surface area contributed by atoms with E-state index in [9.17, 15) is 18.0 Å². The Kier molecular flexibility index (Phi) is 9.49. The van der Waals surface area contributed by atoms with Gasteiger partial charge in [0.1, 0.15) is 10.8 Å². The van der Waals surface area contributed by atoms with E-state index in [0.29, 0.717) is 29.8 Å². The van der Waals surface area contributed by atoms with E-state index in [1.54, 1.807) is 25.4 Å². The highest BCUT2D eigenvalue weighted by molar-refractivity contribution is 7.15. The number of alkyl halides is 3. The van der Waals surface area contributed by atoms with Crippen LogP contribution in [-0.4, -0.2) is 83.6 Å². The second-order valence-corrected chi connectivity index (χ2v) is 10.5. The number of urea groups is 1. The topological polar surface area (TPSA) is 98.3 Å². The fourth-order valence-corrected chi connectivity index (χ4v) is 5.35. The number of pyridine rings is 2. The van der Waals surface area contributed by atoms with Gasteiger partial charge in [0, 0.05) is 87.6 Å². The number of carbonyl (C=O) groups is 1. The fraction of sp³-hybridized carbons (Fsp3) is 0.462. The van der Waals surface area contributed by atoms with E-state index in [1.165, 1.54) is 6.20 Å². The number of anilines is 1. The molecule has 4 rings (SSSR count). The lowest BCUT2D eigenvalue weighted by Gasteiger charge is -2.32. The zero-order valence-corrected chi connectivity index (χ0v) is 23.0. The van der Waals surface area contributed by atoms with E-state index in [0.717, 1.165) is 49.6 Å². The predicted molar refractivity (Wildman–Crippen MR) is 147 cm³/mol. The van der Waals surface area contributed by atoms with Gasteiger partial charge in [-0.1, -0.05) is 0 Å². The van der Waals surface area contributed by atoms with Gasteiger partial charge >= 0.3 is 12.2 Å². The van der Waals surface area contributed by atoms with Gasteiger partial charge in [-0.15, -0.1) is 11.3 Å². The van der Waals surface area contributed by atoms with Crippen molar-refractivity contribution in [3.63, 3.8) is 0 Å².